The van der Waals surface area contributed by atoms with Crippen LogP contribution < -0.4 is 10.1 Å². The van der Waals surface area contributed by atoms with Crippen molar-refractivity contribution >= 4 is 5.91 Å². The lowest BCUT2D eigenvalue weighted by Crippen LogP contribution is -2.35. The van der Waals surface area contributed by atoms with Crippen LogP contribution in [0.2, 0.25) is 0 Å². The first-order chi connectivity index (χ1) is 11.6. The maximum absolute atomic E-state index is 12.3. The summed E-state index contributed by atoms with van der Waals surface area (Å²) in [4.78, 5) is 12.3. The average Bonchev–Trinajstić information content (AvgIpc) is 3.04. The van der Waals surface area contributed by atoms with Crippen LogP contribution in [0.1, 0.15) is 59.5 Å². The molecule has 4 nitrogen and oxygen atoms in total. The lowest BCUT2D eigenvalue weighted by Gasteiger charge is -2.22. The topological polar surface area (TPSA) is 51.5 Å². The van der Waals surface area contributed by atoms with Crippen molar-refractivity contribution in [2.75, 3.05) is 0 Å². The van der Waals surface area contributed by atoms with Gasteiger partial charge in [0, 0.05) is 6.04 Å². The van der Waals surface area contributed by atoms with Crippen LogP contribution in [0.25, 0.3) is 0 Å². The molecule has 1 aromatic heterocycles. The van der Waals surface area contributed by atoms with Crippen LogP contribution in [-0.4, -0.2) is 11.9 Å². The van der Waals surface area contributed by atoms with Crippen molar-refractivity contribution in [3.63, 3.8) is 0 Å². The van der Waals surface area contributed by atoms with Crippen LogP contribution in [0.5, 0.6) is 5.75 Å². The lowest BCUT2D eigenvalue weighted by molar-refractivity contribution is 0.0895. The first-order valence-corrected chi connectivity index (χ1v) is 8.72. The van der Waals surface area contributed by atoms with Gasteiger partial charge in [0.15, 0.2) is 5.76 Å². The molecule has 0 bridgehead atoms. The van der Waals surface area contributed by atoms with E-state index in [-0.39, 0.29) is 11.9 Å². The van der Waals surface area contributed by atoms with Crippen molar-refractivity contribution in [1.82, 2.24) is 5.32 Å². The molecule has 4 heteroatoms. The van der Waals surface area contributed by atoms with E-state index in [1.54, 1.807) is 6.07 Å². The molecule has 1 aromatic carbocycles. The molecule has 1 N–H and O–H groups in total. The van der Waals surface area contributed by atoms with Crippen LogP contribution in [0.3, 0.4) is 0 Å². The normalized spacial score (nSPS) is 15.2. The second-order valence-corrected chi connectivity index (χ2v) is 6.58. The second kappa shape index (κ2) is 7.56. The van der Waals surface area contributed by atoms with Gasteiger partial charge in [0.2, 0.25) is 0 Å². The zero-order valence-corrected chi connectivity index (χ0v) is 14.4. The molecule has 1 fully saturated rings. The van der Waals surface area contributed by atoms with Crippen molar-refractivity contribution in [1.29, 1.82) is 0 Å². The Balaban J connectivity index is 1.58. The molecule has 0 unspecified atom stereocenters. The Morgan fingerprint density at radius 3 is 2.54 bits per heavy atom. The minimum atomic E-state index is -0.125. The van der Waals surface area contributed by atoms with E-state index in [1.165, 1.54) is 19.3 Å². The van der Waals surface area contributed by atoms with Crippen molar-refractivity contribution < 1.29 is 13.9 Å². The summed E-state index contributed by atoms with van der Waals surface area (Å²) < 4.78 is 11.5. The van der Waals surface area contributed by atoms with Crippen molar-refractivity contribution in [2.45, 2.75) is 58.6 Å². The van der Waals surface area contributed by atoms with Gasteiger partial charge >= 0.3 is 0 Å². The third-order valence-electron chi connectivity index (χ3n) is 4.59. The Hall–Kier alpha value is -2.23. The predicted molar refractivity (Wildman–Crippen MR) is 93.3 cm³/mol. The highest BCUT2D eigenvalue weighted by atomic mass is 16.5. The zero-order valence-electron chi connectivity index (χ0n) is 14.4. The number of rotatable bonds is 5. The van der Waals surface area contributed by atoms with Crippen LogP contribution >= 0.6 is 0 Å². The van der Waals surface area contributed by atoms with E-state index in [2.05, 4.69) is 5.32 Å². The Morgan fingerprint density at radius 2 is 1.83 bits per heavy atom. The van der Waals surface area contributed by atoms with E-state index in [9.17, 15) is 4.79 Å². The van der Waals surface area contributed by atoms with Crippen LogP contribution in [0, 0.1) is 13.8 Å². The van der Waals surface area contributed by atoms with E-state index >= 15 is 0 Å². The van der Waals surface area contributed by atoms with Gasteiger partial charge in [-0.1, -0.05) is 37.5 Å². The number of hydrogen-bond acceptors (Lipinski definition) is 3. The number of aryl methyl sites for hydroxylation is 2. The third-order valence-corrected chi connectivity index (χ3v) is 4.59. The largest absolute Gasteiger partial charge is 0.485 e. The smallest absolute Gasteiger partial charge is 0.287 e. The molecule has 1 saturated carbocycles. The fourth-order valence-corrected chi connectivity index (χ4v) is 3.25. The van der Waals surface area contributed by atoms with Gasteiger partial charge in [0.05, 0.1) is 0 Å². The molecule has 0 atom stereocenters. The average molecular weight is 327 g/mol. The van der Waals surface area contributed by atoms with Gasteiger partial charge in [-0.2, -0.15) is 0 Å². The summed E-state index contributed by atoms with van der Waals surface area (Å²) in [6.07, 6.45) is 5.78. The van der Waals surface area contributed by atoms with Gasteiger partial charge in [0.1, 0.15) is 18.1 Å². The van der Waals surface area contributed by atoms with Crippen LogP contribution in [0.4, 0.5) is 0 Å². The molecule has 0 radical (unpaired) electrons. The molecule has 0 aliphatic heterocycles. The summed E-state index contributed by atoms with van der Waals surface area (Å²) in [5.74, 6) is 1.77. The molecule has 1 aliphatic carbocycles. The maximum atomic E-state index is 12.3. The summed E-state index contributed by atoms with van der Waals surface area (Å²) in [7, 11) is 0. The predicted octanol–water partition coefficient (Wildman–Crippen LogP) is 4.54. The molecule has 2 aromatic rings. The number of para-hydroxylation sites is 1. The second-order valence-electron chi connectivity index (χ2n) is 6.58. The number of furan rings is 1. The minimum absolute atomic E-state index is 0.125. The summed E-state index contributed by atoms with van der Waals surface area (Å²) in [6.45, 7) is 4.36. The Kier molecular flexibility index (Phi) is 5.24. The van der Waals surface area contributed by atoms with Crippen LogP contribution in [0.15, 0.2) is 34.7 Å². The Morgan fingerprint density at radius 1 is 1.12 bits per heavy atom. The summed E-state index contributed by atoms with van der Waals surface area (Å²) in [5.41, 5.74) is 2.19. The number of nitrogens with one attached hydrogen (secondary N) is 1. The number of ether oxygens (including phenoxy) is 1. The highest BCUT2D eigenvalue weighted by Crippen LogP contribution is 2.24. The molecular weight excluding hydrogens is 302 g/mol. The van der Waals surface area contributed by atoms with Crippen LogP contribution in [-0.2, 0) is 6.61 Å². The summed E-state index contributed by atoms with van der Waals surface area (Å²) >= 11 is 0. The van der Waals surface area contributed by atoms with Gasteiger partial charge in [-0.05, 0) is 49.9 Å². The Labute approximate surface area is 143 Å². The third kappa shape index (κ3) is 3.99. The lowest BCUT2D eigenvalue weighted by atomic mass is 9.95. The number of amides is 1. The summed E-state index contributed by atoms with van der Waals surface area (Å²) in [6, 6.07) is 9.87. The molecule has 128 valence electrons. The van der Waals surface area contributed by atoms with Gasteiger partial charge in [-0.25, -0.2) is 0 Å². The first-order valence-electron chi connectivity index (χ1n) is 8.72. The minimum Gasteiger partial charge on any atom is -0.485 e. The SMILES string of the molecule is Cc1cccc(C)c1OCc1ccc(C(=O)NC2CCCCC2)o1. The molecule has 3 rings (SSSR count). The molecule has 1 amide bonds. The molecule has 0 saturated heterocycles. The molecule has 24 heavy (non-hydrogen) atoms. The molecule has 1 heterocycles. The highest BCUT2D eigenvalue weighted by Gasteiger charge is 2.19. The van der Waals surface area contributed by atoms with Gasteiger partial charge in [-0.3, -0.25) is 4.79 Å². The van der Waals surface area contributed by atoms with E-state index in [4.69, 9.17) is 9.15 Å². The summed E-state index contributed by atoms with van der Waals surface area (Å²) in [5, 5.41) is 3.07. The standard InChI is InChI=1S/C20H25NO3/c1-14-7-6-8-15(2)19(14)23-13-17-11-12-18(24-17)20(22)21-16-9-4-3-5-10-16/h6-8,11-12,16H,3-5,9-10,13H2,1-2H3,(H,21,22). The van der Waals surface area contributed by atoms with Gasteiger partial charge in [0.25, 0.3) is 5.91 Å². The Bertz CT molecular complexity index is 678. The van der Waals surface area contributed by atoms with Gasteiger partial charge in [-0.15, -0.1) is 0 Å². The van der Waals surface area contributed by atoms with E-state index in [0.717, 1.165) is 29.7 Å². The number of hydrogen-bond donors (Lipinski definition) is 1. The number of carbonyl (C=O) groups excluding carboxylic acids is 1. The van der Waals surface area contributed by atoms with Crippen molar-refractivity contribution in [2.24, 2.45) is 0 Å². The monoisotopic (exact) mass is 327 g/mol. The molecule has 1 aliphatic rings. The van der Waals surface area contributed by atoms with Crippen molar-refractivity contribution in [3.8, 4) is 5.75 Å². The molecule has 0 spiro atoms. The quantitative estimate of drug-likeness (QED) is 0.877. The number of carbonyl (C=O) groups is 1. The fraction of sp³-hybridized carbons (Fsp3) is 0.450. The van der Waals surface area contributed by atoms with Gasteiger partial charge < -0.3 is 14.5 Å². The van der Waals surface area contributed by atoms with E-state index in [1.807, 2.05) is 38.1 Å². The van der Waals surface area contributed by atoms with Crippen molar-refractivity contribution in [3.05, 3.63) is 53.0 Å². The van der Waals surface area contributed by atoms with E-state index in [0.29, 0.717) is 18.1 Å². The zero-order chi connectivity index (χ0) is 16.9. The highest BCUT2D eigenvalue weighted by molar-refractivity contribution is 5.91. The number of benzene rings is 1. The maximum Gasteiger partial charge on any atom is 0.287 e. The molecular formula is C20H25NO3. The van der Waals surface area contributed by atoms with E-state index < -0.39 is 0 Å². The first kappa shape index (κ1) is 16.6. The fourth-order valence-electron chi connectivity index (χ4n) is 3.25.